The van der Waals surface area contributed by atoms with Gasteiger partial charge in [0.25, 0.3) is 5.91 Å². The van der Waals surface area contributed by atoms with Gasteiger partial charge in [-0.2, -0.15) is 13.7 Å². The number of hydrogen-bond donors (Lipinski definition) is 1. The number of anilines is 1. The Hall–Kier alpha value is -3.13. The number of rotatable bonds is 8. The van der Waals surface area contributed by atoms with Crippen LogP contribution in [0.4, 0.5) is 5.69 Å². The molecule has 0 radical (unpaired) electrons. The van der Waals surface area contributed by atoms with E-state index in [4.69, 9.17) is 8.92 Å². The van der Waals surface area contributed by atoms with Crippen LogP contribution >= 0.6 is 31.9 Å². The van der Waals surface area contributed by atoms with Gasteiger partial charge < -0.3 is 14.2 Å². The molecule has 3 aromatic carbocycles. The molecule has 0 aliphatic heterocycles. The molecular formula is C25H20Br2N2O5S. The standard InChI is InChI=1S/C25H20Br2N2O5S/c1-3-33-23-14-17(12-18(15-28)25(30)29-20-8-6-19(26)7-9-20)13-22(27)24(23)34-35(31,32)21-10-4-16(2)5-11-21/h4-14H,3H2,1-2H3,(H,29,30)/b18-12+. The zero-order valence-corrected chi connectivity index (χ0v) is 22.7. The van der Waals surface area contributed by atoms with Gasteiger partial charge in [-0.3, -0.25) is 4.79 Å². The third-order valence-corrected chi connectivity index (χ3v) is 6.97. The third-order valence-electron chi connectivity index (χ3n) is 4.61. The SMILES string of the molecule is CCOc1cc(/C=C(\C#N)C(=O)Nc2ccc(Br)cc2)cc(Br)c1OS(=O)(=O)c1ccc(C)cc1. The number of amides is 1. The maximum atomic E-state index is 12.8. The molecule has 0 aliphatic rings. The number of hydrogen-bond acceptors (Lipinski definition) is 6. The van der Waals surface area contributed by atoms with Gasteiger partial charge in [-0.25, -0.2) is 0 Å². The Bertz CT molecular complexity index is 1410. The van der Waals surface area contributed by atoms with E-state index in [2.05, 4.69) is 37.2 Å². The molecule has 0 aromatic heterocycles. The molecule has 3 aromatic rings. The van der Waals surface area contributed by atoms with E-state index in [0.717, 1.165) is 10.0 Å². The first-order valence-electron chi connectivity index (χ1n) is 10.3. The molecule has 0 saturated carbocycles. The maximum absolute atomic E-state index is 12.8. The average Bonchev–Trinajstić information content (AvgIpc) is 2.81. The highest BCUT2D eigenvalue weighted by Crippen LogP contribution is 2.39. The molecule has 0 aliphatic carbocycles. The van der Waals surface area contributed by atoms with Gasteiger partial charge in [0.05, 0.1) is 11.1 Å². The summed E-state index contributed by atoms with van der Waals surface area (Å²) in [5.74, 6) is -0.497. The summed E-state index contributed by atoms with van der Waals surface area (Å²) in [5.41, 5.74) is 1.72. The molecule has 3 rings (SSSR count). The molecule has 1 amide bonds. The second kappa shape index (κ2) is 11.5. The van der Waals surface area contributed by atoms with E-state index in [0.29, 0.717) is 11.3 Å². The quantitative estimate of drug-likeness (QED) is 0.182. The van der Waals surface area contributed by atoms with Crippen LogP contribution < -0.4 is 14.2 Å². The van der Waals surface area contributed by atoms with Crippen LogP contribution in [0.2, 0.25) is 0 Å². The molecule has 0 spiro atoms. The molecule has 180 valence electrons. The highest BCUT2D eigenvalue weighted by Gasteiger charge is 2.22. The van der Waals surface area contributed by atoms with Gasteiger partial charge in [0.1, 0.15) is 16.5 Å². The second-order valence-corrected chi connectivity index (χ2v) is 10.6. The smallest absolute Gasteiger partial charge is 0.339 e. The van der Waals surface area contributed by atoms with Crippen LogP contribution in [0, 0.1) is 18.3 Å². The van der Waals surface area contributed by atoms with Crippen molar-refractivity contribution in [3.63, 3.8) is 0 Å². The number of carbonyl (C=O) groups excluding carboxylic acids is 1. The van der Waals surface area contributed by atoms with E-state index in [1.54, 1.807) is 43.3 Å². The molecular weight excluding hydrogens is 600 g/mol. The Kier molecular flexibility index (Phi) is 8.72. The minimum absolute atomic E-state index is 0.00204. The minimum Gasteiger partial charge on any atom is -0.490 e. The average molecular weight is 620 g/mol. The number of halogens is 2. The number of ether oxygens (including phenoxy) is 1. The summed E-state index contributed by atoms with van der Waals surface area (Å²) in [6.45, 7) is 3.82. The lowest BCUT2D eigenvalue weighted by molar-refractivity contribution is -0.112. The van der Waals surface area contributed by atoms with Gasteiger partial charge >= 0.3 is 10.1 Å². The van der Waals surface area contributed by atoms with Crippen LogP contribution in [0.15, 0.2) is 80.1 Å². The fourth-order valence-electron chi connectivity index (χ4n) is 2.92. The molecule has 0 heterocycles. The van der Waals surface area contributed by atoms with E-state index >= 15 is 0 Å². The normalized spacial score (nSPS) is 11.5. The summed E-state index contributed by atoms with van der Waals surface area (Å²) in [6.07, 6.45) is 1.37. The van der Waals surface area contributed by atoms with Crippen LogP contribution in [-0.2, 0) is 14.9 Å². The Morgan fingerprint density at radius 3 is 2.34 bits per heavy atom. The monoisotopic (exact) mass is 618 g/mol. The van der Waals surface area contributed by atoms with Crippen LogP contribution in [0.25, 0.3) is 6.08 Å². The van der Waals surface area contributed by atoms with Crippen molar-refractivity contribution in [2.24, 2.45) is 0 Å². The second-order valence-electron chi connectivity index (χ2n) is 7.24. The molecule has 0 atom stereocenters. The number of carbonyl (C=O) groups is 1. The summed E-state index contributed by atoms with van der Waals surface area (Å²) in [7, 11) is -4.13. The minimum atomic E-state index is -4.13. The fraction of sp³-hybridized carbons (Fsp3) is 0.120. The molecule has 35 heavy (non-hydrogen) atoms. The Morgan fingerprint density at radius 2 is 1.74 bits per heavy atom. The third kappa shape index (κ3) is 6.94. The van der Waals surface area contributed by atoms with Crippen molar-refractivity contribution in [3.05, 3.63) is 86.3 Å². The summed E-state index contributed by atoms with van der Waals surface area (Å²) in [4.78, 5) is 12.6. The highest BCUT2D eigenvalue weighted by atomic mass is 79.9. The Balaban J connectivity index is 1.93. The van der Waals surface area contributed by atoms with Crippen LogP contribution in [0.5, 0.6) is 11.5 Å². The highest BCUT2D eigenvalue weighted by molar-refractivity contribution is 9.10. The molecule has 0 unspecified atom stereocenters. The van der Waals surface area contributed by atoms with Crippen molar-refractivity contribution in [2.75, 3.05) is 11.9 Å². The Morgan fingerprint density at radius 1 is 1.09 bits per heavy atom. The van der Waals surface area contributed by atoms with Gasteiger partial charge in [-0.15, -0.1) is 0 Å². The van der Waals surface area contributed by atoms with Crippen molar-refractivity contribution in [1.29, 1.82) is 5.26 Å². The largest absolute Gasteiger partial charge is 0.490 e. The maximum Gasteiger partial charge on any atom is 0.339 e. The van der Waals surface area contributed by atoms with Crippen molar-refractivity contribution in [3.8, 4) is 17.6 Å². The van der Waals surface area contributed by atoms with Gasteiger partial charge in [0.2, 0.25) is 0 Å². The summed E-state index contributed by atoms with van der Waals surface area (Å²) < 4.78 is 37.7. The predicted molar refractivity (Wildman–Crippen MR) is 141 cm³/mol. The van der Waals surface area contributed by atoms with Gasteiger partial charge in [-0.1, -0.05) is 33.6 Å². The molecule has 7 nitrogen and oxygen atoms in total. The number of nitriles is 1. The fourth-order valence-corrected chi connectivity index (χ4v) is 4.79. The summed E-state index contributed by atoms with van der Waals surface area (Å²) in [6, 6.07) is 18.1. The number of nitrogens with one attached hydrogen (secondary N) is 1. The Labute approximate surface area is 220 Å². The lowest BCUT2D eigenvalue weighted by Gasteiger charge is -2.15. The summed E-state index contributed by atoms with van der Waals surface area (Å²) >= 11 is 6.65. The first kappa shape index (κ1) is 26.5. The first-order valence-corrected chi connectivity index (χ1v) is 13.3. The summed E-state index contributed by atoms with van der Waals surface area (Å²) in [5, 5.41) is 12.2. The number of aryl methyl sites for hydroxylation is 1. The van der Waals surface area contributed by atoms with Gasteiger partial charge in [0.15, 0.2) is 11.5 Å². The van der Waals surface area contributed by atoms with Crippen LogP contribution in [0.3, 0.4) is 0 Å². The van der Waals surface area contributed by atoms with E-state index < -0.39 is 16.0 Å². The topological polar surface area (TPSA) is 105 Å². The number of benzene rings is 3. The van der Waals surface area contributed by atoms with Gasteiger partial charge in [0, 0.05) is 10.2 Å². The van der Waals surface area contributed by atoms with Gasteiger partial charge in [-0.05, 0) is 89.9 Å². The van der Waals surface area contributed by atoms with Crippen molar-refractivity contribution in [1.82, 2.24) is 0 Å². The molecule has 10 heteroatoms. The van der Waals surface area contributed by atoms with Crippen molar-refractivity contribution >= 4 is 59.6 Å². The van der Waals surface area contributed by atoms with E-state index in [1.165, 1.54) is 30.3 Å². The molecule has 0 bridgehead atoms. The first-order chi connectivity index (χ1) is 16.6. The van der Waals surface area contributed by atoms with Crippen molar-refractivity contribution < 1.29 is 22.1 Å². The predicted octanol–water partition coefficient (Wildman–Crippen LogP) is 6.23. The molecule has 0 fully saturated rings. The van der Waals surface area contributed by atoms with E-state index in [1.807, 2.05) is 13.0 Å². The lowest BCUT2D eigenvalue weighted by atomic mass is 10.1. The van der Waals surface area contributed by atoms with E-state index in [-0.39, 0.29) is 33.0 Å². The van der Waals surface area contributed by atoms with Crippen molar-refractivity contribution in [2.45, 2.75) is 18.7 Å². The van der Waals surface area contributed by atoms with E-state index in [9.17, 15) is 18.5 Å². The van der Waals surface area contributed by atoms with Crippen LogP contribution in [-0.4, -0.2) is 20.9 Å². The molecule has 0 saturated heterocycles. The lowest BCUT2D eigenvalue weighted by Crippen LogP contribution is -2.13. The zero-order valence-electron chi connectivity index (χ0n) is 18.7. The zero-order chi connectivity index (χ0) is 25.6. The molecule has 1 N–H and O–H groups in total. The number of nitrogens with zero attached hydrogens (tertiary/aromatic N) is 1. The van der Waals surface area contributed by atoms with Crippen LogP contribution in [0.1, 0.15) is 18.1 Å².